The lowest BCUT2D eigenvalue weighted by molar-refractivity contribution is 0.908. The fraction of sp³-hybridized carbons (Fsp3) is 0.350. The van der Waals surface area contributed by atoms with Crippen LogP contribution >= 0.6 is 11.8 Å². The molecule has 0 amide bonds. The third-order valence-corrected chi connectivity index (χ3v) is 4.85. The van der Waals surface area contributed by atoms with Gasteiger partial charge in [0.25, 0.3) is 0 Å². The predicted molar refractivity (Wildman–Crippen MR) is 103 cm³/mol. The van der Waals surface area contributed by atoms with Gasteiger partial charge in [0.2, 0.25) is 0 Å². The van der Waals surface area contributed by atoms with Crippen LogP contribution in [0.5, 0.6) is 0 Å². The molecule has 0 heterocycles. The number of thioether (sulfide) groups is 1. The quantitative estimate of drug-likeness (QED) is 0.636. The molecule has 23 heavy (non-hydrogen) atoms. The van der Waals surface area contributed by atoms with E-state index < -0.39 is 0 Å². The zero-order valence-electron chi connectivity index (χ0n) is 14.7. The average Bonchev–Trinajstić information content (AvgIpc) is 2.54. The standard InChI is InChI=1S/C20H26N2S/c1-14-6-8-18(10-16(14)3)12-21-20(23-5)22-13-19-9-7-15(2)17(4)11-19/h6-11H,12-13H2,1-5H3,(H,21,22). The Labute approximate surface area is 144 Å². The lowest BCUT2D eigenvalue weighted by Crippen LogP contribution is -2.20. The van der Waals surface area contributed by atoms with Crippen molar-refractivity contribution < 1.29 is 0 Å². The van der Waals surface area contributed by atoms with Crippen LogP contribution in [-0.4, -0.2) is 11.4 Å². The molecule has 2 aromatic carbocycles. The number of aliphatic imine (C=N–C) groups is 1. The Bertz CT molecular complexity index is 705. The van der Waals surface area contributed by atoms with Gasteiger partial charge in [0, 0.05) is 6.54 Å². The molecule has 0 saturated carbocycles. The summed E-state index contributed by atoms with van der Waals surface area (Å²) in [5, 5.41) is 4.43. The van der Waals surface area contributed by atoms with Crippen LogP contribution in [0, 0.1) is 27.7 Å². The number of hydrogen-bond acceptors (Lipinski definition) is 2. The number of nitrogens with one attached hydrogen (secondary N) is 1. The van der Waals surface area contributed by atoms with Gasteiger partial charge in [-0.25, -0.2) is 0 Å². The van der Waals surface area contributed by atoms with Crippen molar-refractivity contribution in [3.05, 3.63) is 69.8 Å². The third kappa shape index (κ3) is 5.14. The predicted octanol–water partition coefficient (Wildman–Crippen LogP) is 4.93. The molecule has 2 aromatic rings. The lowest BCUT2D eigenvalue weighted by atomic mass is 10.1. The van der Waals surface area contributed by atoms with E-state index in [1.807, 2.05) is 0 Å². The molecule has 0 radical (unpaired) electrons. The van der Waals surface area contributed by atoms with Gasteiger partial charge in [0.15, 0.2) is 5.17 Å². The first kappa shape index (κ1) is 17.6. The van der Waals surface area contributed by atoms with Crippen molar-refractivity contribution in [1.82, 2.24) is 5.32 Å². The van der Waals surface area contributed by atoms with Crippen LogP contribution in [0.15, 0.2) is 41.4 Å². The fourth-order valence-electron chi connectivity index (χ4n) is 2.35. The molecule has 3 heteroatoms. The molecule has 0 unspecified atom stereocenters. The van der Waals surface area contributed by atoms with Gasteiger partial charge >= 0.3 is 0 Å². The van der Waals surface area contributed by atoms with Crippen LogP contribution in [-0.2, 0) is 13.1 Å². The molecule has 0 aliphatic heterocycles. The second-order valence-corrected chi connectivity index (χ2v) is 6.81. The van der Waals surface area contributed by atoms with Gasteiger partial charge in [0.1, 0.15) is 0 Å². The minimum atomic E-state index is 0.719. The van der Waals surface area contributed by atoms with Crippen molar-refractivity contribution in [2.24, 2.45) is 4.99 Å². The number of aryl methyl sites for hydroxylation is 4. The van der Waals surface area contributed by atoms with Gasteiger partial charge in [-0.1, -0.05) is 48.2 Å². The van der Waals surface area contributed by atoms with Gasteiger partial charge in [-0.15, -0.1) is 0 Å². The zero-order valence-corrected chi connectivity index (χ0v) is 15.6. The molecular weight excluding hydrogens is 300 g/mol. The maximum absolute atomic E-state index is 4.71. The summed E-state index contributed by atoms with van der Waals surface area (Å²) in [5.41, 5.74) is 7.88. The first-order chi connectivity index (χ1) is 11.0. The average molecular weight is 327 g/mol. The molecule has 0 aromatic heterocycles. The first-order valence-electron chi connectivity index (χ1n) is 7.94. The van der Waals surface area contributed by atoms with Gasteiger partial charge in [-0.05, 0) is 67.3 Å². The van der Waals surface area contributed by atoms with Crippen molar-refractivity contribution in [2.75, 3.05) is 6.26 Å². The smallest absolute Gasteiger partial charge is 0.156 e. The van der Waals surface area contributed by atoms with Crippen molar-refractivity contribution >= 4 is 16.9 Å². The van der Waals surface area contributed by atoms with Crippen LogP contribution in [0.2, 0.25) is 0 Å². The molecule has 0 bridgehead atoms. The Morgan fingerprint density at radius 1 is 0.870 bits per heavy atom. The normalized spacial score (nSPS) is 11.6. The Balaban J connectivity index is 1.98. The van der Waals surface area contributed by atoms with E-state index in [-0.39, 0.29) is 0 Å². The van der Waals surface area contributed by atoms with E-state index in [2.05, 4.69) is 75.7 Å². The van der Waals surface area contributed by atoms with E-state index in [1.54, 1.807) is 11.8 Å². The zero-order chi connectivity index (χ0) is 16.8. The molecule has 0 aliphatic rings. The Morgan fingerprint density at radius 2 is 1.43 bits per heavy atom. The van der Waals surface area contributed by atoms with Gasteiger partial charge < -0.3 is 5.32 Å². The van der Waals surface area contributed by atoms with Crippen LogP contribution in [0.4, 0.5) is 0 Å². The van der Waals surface area contributed by atoms with Crippen LogP contribution in [0.25, 0.3) is 0 Å². The summed E-state index contributed by atoms with van der Waals surface area (Å²) < 4.78 is 0. The van der Waals surface area contributed by atoms with Crippen molar-refractivity contribution in [3.63, 3.8) is 0 Å². The van der Waals surface area contributed by atoms with Crippen LogP contribution in [0.1, 0.15) is 33.4 Å². The maximum Gasteiger partial charge on any atom is 0.156 e. The molecule has 0 spiro atoms. The largest absolute Gasteiger partial charge is 0.361 e. The van der Waals surface area contributed by atoms with Crippen LogP contribution < -0.4 is 5.32 Å². The molecular formula is C20H26N2S. The number of amidine groups is 1. The van der Waals surface area contributed by atoms with E-state index >= 15 is 0 Å². The van der Waals surface area contributed by atoms with Crippen molar-refractivity contribution in [1.29, 1.82) is 0 Å². The van der Waals surface area contributed by atoms with E-state index in [4.69, 9.17) is 4.99 Å². The first-order valence-corrected chi connectivity index (χ1v) is 9.16. The molecule has 2 nitrogen and oxygen atoms in total. The van der Waals surface area contributed by atoms with E-state index in [0.717, 1.165) is 18.3 Å². The summed E-state index contributed by atoms with van der Waals surface area (Å²) in [6.07, 6.45) is 2.06. The molecule has 0 atom stereocenters. The summed E-state index contributed by atoms with van der Waals surface area (Å²) in [7, 11) is 0. The highest BCUT2D eigenvalue weighted by Crippen LogP contribution is 2.12. The fourth-order valence-corrected chi connectivity index (χ4v) is 2.76. The Kier molecular flexibility index (Phi) is 6.28. The molecule has 0 aliphatic carbocycles. The molecule has 2 rings (SSSR count). The van der Waals surface area contributed by atoms with E-state index in [0.29, 0.717) is 0 Å². The molecule has 122 valence electrons. The highest BCUT2D eigenvalue weighted by Gasteiger charge is 2.01. The minimum Gasteiger partial charge on any atom is -0.361 e. The SMILES string of the molecule is CSC(=NCc1ccc(C)c(C)c1)NCc1ccc(C)c(C)c1. The molecule has 1 N–H and O–H groups in total. The van der Waals surface area contributed by atoms with Crippen molar-refractivity contribution in [3.8, 4) is 0 Å². The maximum atomic E-state index is 4.71. The molecule has 0 fully saturated rings. The summed E-state index contributed by atoms with van der Waals surface area (Å²) in [5.74, 6) is 0. The van der Waals surface area contributed by atoms with Gasteiger partial charge in [-0.3, -0.25) is 4.99 Å². The van der Waals surface area contributed by atoms with Gasteiger partial charge in [0.05, 0.1) is 6.54 Å². The third-order valence-electron chi connectivity index (χ3n) is 4.18. The van der Waals surface area contributed by atoms with Crippen LogP contribution in [0.3, 0.4) is 0 Å². The van der Waals surface area contributed by atoms with Gasteiger partial charge in [-0.2, -0.15) is 0 Å². The summed E-state index contributed by atoms with van der Waals surface area (Å²) >= 11 is 1.66. The highest BCUT2D eigenvalue weighted by atomic mass is 32.2. The monoisotopic (exact) mass is 326 g/mol. The summed E-state index contributed by atoms with van der Waals surface area (Å²) in [4.78, 5) is 4.71. The second kappa shape index (κ2) is 8.21. The van der Waals surface area contributed by atoms with E-state index in [9.17, 15) is 0 Å². The number of nitrogens with zero attached hydrogens (tertiary/aromatic N) is 1. The molecule has 0 saturated heterocycles. The minimum absolute atomic E-state index is 0.719. The lowest BCUT2D eigenvalue weighted by Gasteiger charge is -2.10. The Morgan fingerprint density at radius 3 is 2.00 bits per heavy atom. The topological polar surface area (TPSA) is 24.4 Å². The summed E-state index contributed by atoms with van der Waals surface area (Å²) in [6.45, 7) is 10.1. The highest BCUT2D eigenvalue weighted by molar-refractivity contribution is 8.13. The van der Waals surface area contributed by atoms with Crippen molar-refractivity contribution in [2.45, 2.75) is 40.8 Å². The summed E-state index contributed by atoms with van der Waals surface area (Å²) in [6, 6.07) is 13.1. The number of hydrogen-bond donors (Lipinski definition) is 1. The second-order valence-electron chi connectivity index (χ2n) is 6.02. The number of benzene rings is 2. The number of rotatable bonds is 4. The van der Waals surface area contributed by atoms with E-state index in [1.165, 1.54) is 33.4 Å². The Hall–Kier alpha value is -1.74.